The number of carbonyl (C=O) groups is 1. The SMILES string of the molecule is CC(C)CN(c1ccc(Cl)cc1C(=O)O)C1CCCCC1. The van der Waals surface area contributed by atoms with E-state index in [1.54, 1.807) is 12.1 Å². The van der Waals surface area contributed by atoms with Gasteiger partial charge >= 0.3 is 5.97 Å². The van der Waals surface area contributed by atoms with Gasteiger partial charge in [-0.2, -0.15) is 0 Å². The van der Waals surface area contributed by atoms with Crippen molar-refractivity contribution in [2.24, 2.45) is 5.92 Å². The van der Waals surface area contributed by atoms with E-state index in [-0.39, 0.29) is 0 Å². The highest BCUT2D eigenvalue weighted by Gasteiger charge is 2.25. The zero-order valence-corrected chi connectivity index (χ0v) is 13.6. The van der Waals surface area contributed by atoms with Gasteiger partial charge in [0.05, 0.1) is 11.3 Å². The van der Waals surface area contributed by atoms with Crippen LogP contribution in [-0.4, -0.2) is 23.7 Å². The van der Waals surface area contributed by atoms with Gasteiger partial charge in [0.1, 0.15) is 0 Å². The lowest BCUT2D eigenvalue weighted by atomic mass is 9.92. The van der Waals surface area contributed by atoms with Crippen molar-refractivity contribution in [1.82, 2.24) is 0 Å². The van der Waals surface area contributed by atoms with E-state index >= 15 is 0 Å². The first kappa shape index (κ1) is 16.2. The first-order valence-electron chi connectivity index (χ1n) is 7.78. The number of nitrogens with zero attached hydrogens (tertiary/aromatic N) is 1. The van der Waals surface area contributed by atoms with Crippen LogP contribution in [0.4, 0.5) is 5.69 Å². The molecule has 1 aliphatic carbocycles. The minimum Gasteiger partial charge on any atom is -0.478 e. The molecule has 1 N–H and O–H groups in total. The first-order valence-corrected chi connectivity index (χ1v) is 8.16. The smallest absolute Gasteiger partial charge is 0.337 e. The third-order valence-electron chi connectivity index (χ3n) is 4.08. The number of carboxylic acid groups (broad SMARTS) is 1. The minimum absolute atomic E-state index is 0.314. The Labute approximate surface area is 131 Å². The predicted octanol–water partition coefficient (Wildman–Crippen LogP) is 4.83. The Hall–Kier alpha value is -1.22. The molecule has 0 radical (unpaired) electrons. The van der Waals surface area contributed by atoms with Crippen LogP contribution >= 0.6 is 11.6 Å². The molecule has 1 saturated carbocycles. The molecule has 1 aliphatic rings. The molecule has 0 bridgehead atoms. The van der Waals surface area contributed by atoms with Crippen molar-refractivity contribution >= 4 is 23.3 Å². The fourth-order valence-corrected chi connectivity index (χ4v) is 3.33. The fourth-order valence-electron chi connectivity index (χ4n) is 3.16. The van der Waals surface area contributed by atoms with Gasteiger partial charge in [-0.3, -0.25) is 0 Å². The van der Waals surface area contributed by atoms with Crippen LogP contribution in [-0.2, 0) is 0 Å². The van der Waals surface area contributed by atoms with Crippen molar-refractivity contribution in [1.29, 1.82) is 0 Å². The Morgan fingerprint density at radius 1 is 1.33 bits per heavy atom. The molecule has 0 unspecified atom stereocenters. The summed E-state index contributed by atoms with van der Waals surface area (Å²) in [5, 5.41) is 9.96. The Morgan fingerprint density at radius 2 is 2.00 bits per heavy atom. The maximum absolute atomic E-state index is 11.6. The average Bonchev–Trinajstić information content (AvgIpc) is 2.45. The monoisotopic (exact) mass is 309 g/mol. The molecule has 0 heterocycles. The molecule has 2 rings (SSSR count). The van der Waals surface area contributed by atoms with Crippen LogP contribution in [0.2, 0.25) is 5.02 Å². The molecule has 1 aromatic carbocycles. The van der Waals surface area contributed by atoms with E-state index in [1.807, 2.05) is 6.07 Å². The topological polar surface area (TPSA) is 40.5 Å². The highest BCUT2D eigenvalue weighted by molar-refractivity contribution is 6.31. The summed E-state index contributed by atoms with van der Waals surface area (Å²) in [4.78, 5) is 13.9. The highest BCUT2D eigenvalue weighted by atomic mass is 35.5. The third kappa shape index (κ3) is 4.13. The van der Waals surface area contributed by atoms with Gasteiger partial charge in [-0.1, -0.05) is 44.7 Å². The first-order chi connectivity index (χ1) is 9.99. The summed E-state index contributed by atoms with van der Waals surface area (Å²) in [6.07, 6.45) is 6.05. The number of rotatable bonds is 5. The number of hydrogen-bond donors (Lipinski definition) is 1. The summed E-state index contributed by atoms with van der Waals surface area (Å²) in [6, 6.07) is 5.66. The lowest BCUT2D eigenvalue weighted by Gasteiger charge is -2.38. The Balaban J connectivity index is 2.37. The standard InChI is InChI=1S/C17H24ClNO2/c1-12(2)11-19(14-6-4-3-5-7-14)16-9-8-13(18)10-15(16)17(20)21/h8-10,12,14H,3-7,11H2,1-2H3,(H,20,21). The van der Waals surface area contributed by atoms with Crippen molar-refractivity contribution in [2.75, 3.05) is 11.4 Å². The molecular weight excluding hydrogens is 286 g/mol. The van der Waals surface area contributed by atoms with Crippen LogP contribution in [0.1, 0.15) is 56.3 Å². The van der Waals surface area contributed by atoms with Gasteiger partial charge in [0.15, 0.2) is 0 Å². The summed E-state index contributed by atoms with van der Waals surface area (Å²) >= 11 is 5.98. The molecule has 0 aromatic heterocycles. The predicted molar refractivity (Wildman–Crippen MR) is 87.5 cm³/mol. The van der Waals surface area contributed by atoms with E-state index in [4.69, 9.17) is 11.6 Å². The Bertz CT molecular complexity index is 496. The van der Waals surface area contributed by atoms with Gasteiger partial charge in [0, 0.05) is 17.6 Å². The summed E-state index contributed by atoms with van der Waals surface area (Å²) in [6.45, 7) is 5.23. The average molecular weight is 310 g/mol. The lowest BCUT2D eigenvalue weighted by Crippen LogP contribution is -2.40. The number of halogens is 1. The maximum atomic E-state index is 11.6. The molecule has 3 nitrogen and oxygen atoms in total. The molecule has 0 atom stereocenters. The maximum Gasteiger partial charge on any atom is 0.337 e. The van der Waals surface area contributed by atoms with E-state index in [0.717, 1.165) is 25.1 Å². The van der Waals surface area contributed by atoms with Gasteiger partial charge in [-0.25, -0.2) is 4.79 Å². The van der Waals surface area contributed by atoms with Crippen molar-refractivity contribution in [2.45, 2.75) is 52.0 Å². The molecule has 1 aromatic rings. The second-order valence-corrected chi connectivity index (χ2v) is 6.74. The van der Waals surface area contributed by atoms with Crippen LogP contribution in [0.3, 0.4) is 0 Å². The van der Waals surface area contributed by atoms with Crippen molar-refractivity contribution in [3.05, 3.63) is 28.8 Å². The number of anilines is 1. The lowest BCUT2D eigenvalue weighted by molar-refractivity contribution is 0.0697. The van der Waals surface area contributed by atoms with Crippen molar-refractivity contribution in [3.8, 4) is 0 Å². The second kappa shape index (κ2) is 7.17. The van der Waals surface area contributed by atoms with Gasteiger partial charge < -0.3 is 10.0 Å². The summed E-state index contributed by atoms with van der Waals surface area (Å²) in [5.74, 6) is -0.415. The molecule has 1 fully saturated rings. The van der Waals surface area contributed by atoms with E-state index in [1.165, 1.54) is 19.3 Å². The molecule has 0 saturated heterocycles. The minimum atomic E-state index is -0.905. The van der Waals surface area contributed by atoms with E-state index in [2.05, 4.69) is 18.7 Å². The summed E-state index contributed by atoms with van der Waals surface area (Å²) in [7, 11) is 0. The molecule has 0 aliphatic heterocycles. The Morgan fingerprint density at radius 3 is 2.57 bits per heavy atom. The molecule has 0 amide bonds. The van der Waals surface area contributed by atoms with Gasteiger partial charge in [0.25, 0.3) is 0 Å². The molecule has 21 heavy (non-hydrogen) atoms. The van der Waals surface area contributed by atoms with Crippen LogP contribution in [0, 0.1) is 5.92 Å². The highest BCUT2D eigenvalue weighted by Crippen LogP contribution is 2.32. The van der Waals surface area contributed by atoms with E-state index < -0.39 is 5.97 Å². The number of hydrogen-bond acceptors (Lipinski definition) is 2. The zero-order chi connectivity index (χ0) is 15.4. The largest absolute Gasteiger partial charge is 0.478 e. The second-order valence-electron chi connectivity index (χ2n) is 6.30. The molecule has 0 spiro atoms. The van der Waals surface area contributed by atoms with Crippen LogP contribution < -0.4 is 4.90 Å². The van der Waals surface area contributed by atoms with Crippen LogP contribution in [0.25, 0.3) is 0 Å². The molecule has 116 valence electrons. The van der Waals surface area contributed by atoms with E-state index in [0.29, 0.717) is 22.5 Å². The fraction of sp³-hybridized carbons (Fsp3) is 0.588. The van der Waals surface area contributed by atoms with Crippen LogP contribution in [0.15, 0.2) is 18.2 Å². The zero-order valence-electron chi connectivity index (χ0n) is 12.8. The molecular formula is C17H24ClNO2. The van der Waals surface area contributed by atoms with Crippen LogP contribution in [0.5, 0.6) is 0 Å². The third-order valence-corrected chi connectivity index (χ3v) is 4.31. The Kier molecular flexibility index (Phi) is 5.51. The van der Waals surface area contributed by atoms with Gasteiger partial charge in [-0.05, 0) is 37.0 Å². The van der Waals surface area contributed by atoms with Crippen molar-refractivity contribution in [3.63, 3.8) is 0 Å². The van der Waals surface area contributed by atoms with Gasteiger partial charge in [-0.15, -0.1) is 0 Å². The number of carboxylic acids is 1. The van der Waals surface area contributed by atoms with E-state index in [9.17, 15) is 9.90 Å². The molecule has 4 heteroatoms. The number of aromatic carboxylic acids is 1. The quantitative estimate of drug-likeness (QED) is 0.846. The van der Waals surface area contributed by atoms with Crippen molar-refractivity contribution < 1.29 is 9.90 Å². The van der Waals surface area contributed by atoms with Gasteiger partial charge in [0.2, 0.25) is 0 Å². The summed E-state index contributed by atoms with van der Waals surface area (Å²) < 4.78 is 0. The summed E-state index contributed by atoms with van der Waals surface area (Å²) in [5.41, 5.74) is 1.13. The normalized spacial score (nSPS) is 16.2. The number of benzene rings is 1.